The third-order valence-corrected chi connectivity index (χ3v) is 9.40. The van der Waals surface area contributed by atoms with Crippen molar-refractivity contribution in [2.75, 3.05) is 13.2 Å². The van der Waals surface area contributed by atoms with E-state index >= 15 is 0 Å². The van der Waals surface area contributed by atoms with Crippen molar-refractivity contribution in [3.05, 3.63) is 71.5 Å². The number of unbranched alkanes of at least 4 members (excludes halogenated alkanes) is 2. The predicted molar refractivity (Wildman–Crippen MR) is 178 cm³/mol. The number of amides is 2. The fourth-order valence-corrected chi connectivity index (χ4v) is 6.76. The van der Waals surface area contributed by atoms with Gasteiger partial charge in [0, 0.05) is 18.5 Å². The molecule has 1 aromatic rings. The number of carboxylic acid groups (broad SMARTS) is 1. The molecule has 4 rings (SSSR count). The van der Waals surface area contributed by atoms with Crippen LogP contribution in [0.1, 0.15) is 120 Å². The topological polar surface area (TPSA) is 108 Å². The Kier molecular flexibility index (Phi) is 11.8. The summed E-state index contributed by atoms with van der Waals surface area (Å²) in [6.45, 7) is 9.77. The van der Waals surface area contributed by atoms with Gasteiger partial charge in [-0.25, -0.2) is 4.99 Å². The van der Waals surface area contributed by atoms with Gasteiger partial charge in [-0.15, -0.1) is 0 Å². The molecule has 2 N–H and O–H groups in total. The van der Waals surface area contributed by atoms with Gasteiger partial charge < -0.3 is 20.1 Å². The van der Waals surface area contributed by atoms with Crippen LogP contribution in [-0.4, -0.2) is 52.3 Å². The molecule has 1 aliphatic carbocycles. The van der Waals surface area contributed by atoms with Crippen LogP contribution in [0.25, 0.3) is 0 Å². The maximum atomic E-state index is 14.6. The minimum absolute atomic E-state index is 0.0141. The third-order valence-electron chi connectivity index (χ3n) is 9.40. The summed E-state index contributed by atoms with van der Waals surface area (Å²) in [6, 6.07) is 7.36. The number of aliphatic imine (C=N–C) groups is 1. The number of carbonyl (C=O) groups is 3. The molecule has 0 aromatic heterocycles. The molecule has 1 unspecified atom stereocenters. The van der Waals surface area contributed by atoms with Gasteiger partial charge in [0.05, 0.1) is 6.04 Å². The van der Waals surface area contributed by atoms with E-state index in [9.17, 15) is 14.4 Å². The molecule has 8 heteroatoms. The minimum Gasteiger partial charge on any atom is -0.487 e. The molecule has 0 radical (unpaired) electrons. The number of aliphatic carboxylic acids is 1. The summed E-state index contributed by atoms with van der Waals surface area (Å²) in [7, 11) is 0. The Balaban J connectivity index is 1.66. The third kappa shape index (κ3) is 8.74. The highest BCUT2D eigenvalue weighted by molar-refractivity contribution is 6.46. The number of benzene rings is 1. The molecule has 1 spiro atoms. The molecule has 8 nitrogen and oxygen atoms in total. The first kappa shape index (κ1) is 34.2. The lowest BCUT2D eigenvalue weighted by molar-refractivity contribution is -0.137. The van der Waals surface area contributed by atoms with Crippen LogP contribution in [0.4, 0.5) is 0 Å². The summed E-state index contributed by atoms with van der Waals surface area (Å²) < 4.78 is 6.13. The van der Waals surface area contributed by atoms with Crippen molar-refractivity contribution in [3.8, 4) is 0 Å². The van der Waals surface area contributed by atoms with E-state index < -0.39 is 11.6 Å². The van der Waals surface area contributed by atoms with Crippen molar-refractivity contribution in [2.24, 2.45) is 16.3 Å². The van der Waals surface area contributed by atoms with Crippen LogP contribution in [0.5, 0.6) is 0 Å². The normalized spacial score (nSPS) is 25.2. The summed E-state index contributed by atoms with van der Waals surface area (Å²) in [5, 5.41) is 11.7. The maximum Gasteiger partial charge on any atom is 0.303 e. The monoisotopic (exact) mass is 617 g/mol. The van der Waals surface area contributed by atoms with Crippen molar-refractivity contribution in [2.45, 2.75) is 110 Å². The lowest BCUT2D eigenvalue weighted by Crippen LogP contribution is -2.51. The summed E-state index contributed by atoms with van der Waals surface area (Å²) >= 11 is 0. The first-order valence-electron chi connectivity index (χ1n) is 16.7. The van der Waals surface area contributed by atoms with Crippen LogP contribution in [0.15, 0.2) is 65.4 Å². The molecule has 2 heterocycles. The number of rotatable bonds is 12. The number of carbonyl (C=O) groups excluding carboxylic acids is 2. The Labute approximate surface area is 268 Å². The lowest BCUT2D eigenvalue weighted by atomic mass is 9.69. The van der Waals surface area contributed by atoms with Gasteiger partial charge in [0.2, 0.25) is 0 Å². The van der Waals surface area contributed by atoms with Crippen molar-refractivity contribution in [3.63, 3.8) is 0 Å². The summed E-state index contributed by atoms with van der Waals surface area (Å²) in [4.78, 5) is 45.5. The Morgan fingerprint density at radius 3 is 2.47 bits per heavy atom. The Morgan fingerprint density at radius 2 is 1.80 bits per heavy atom. The number of carboxylic acids is 1. The first-order chi connectivity index (χ1) is 21.6. The molecule has 1 fully saturated rings. The van der Waals surface area contributed by atoms with Gasteiger partial charge in [0.15, 0.2) is 5.71 Å². The number of allylic oxidation sites excluding steroid dienone is 4. The molecule has 2 amide bonds. The maximum absolute atomic E-state index is 14.6. The molecular formula is C37H51N3O5. The fraction of sp³-hybridized carbons (Fsp3) is 0.568. The molecule has 0 saturated heterocycles. The lowest BCUT2D eigenvalue weighted by Gasteiger charge is -2.47. The molecule has 1 aromatic carbocycles. The van der Waals surface area contributed by atoms with Crippen molar-refractivity contribution >= 4 is 23.5 Å². The Morgan fingerprint density at radius 1 is 1.09 bits per heavy atom. The van der Waals surface area contributed by atoms with E-state index in [4.69, 9.17) is 14.8 Å². The highest BCUT2D eigenvalue weighted by Gasteiger charge is 2.53. The number of hydrogen-bond donors (Lipinski definition) is 2. The van der Waals surface area contributed by atoms with Crippen LogP contribution < -0.4 is 5.32 Å². The molecule has 3 aliphatic rings. The molecule has 0 bridgehead atoms. The fourth-order valence-electron chi connectivity index (χ4n) is 6.76. The number of nitrogens with zero attached hydrogens (tertiary/aromatic N) is 2. The standard InChI is InChI=1S/C37H51N3O5/c1-5-6-10-14-30(27-17-19-28(20-18-27)34(43)38-25-13-16-32(41)42)40-35(44)33(31-15-11-8-7-9-12-26-45-31)39-37(40)23-21-29(22-24-37)36(2,3)4/h7-9,12,15,17-20,29-30H,5-6,10-11,13-14,16,21-26H2,1-4H3,(H,38,43)(H,41,42)/b8-7-,12-9-,31-15-. The van der Waals surface area contributed by atoms with Gasteiger partial charge in [0.1, 0.15) is 18.0 Å². The molecule has 1 atom stereocenters. The van der Waals surface area contributed by atoms with E-state index in [1.165, 1.54) is 0 Å². The van der Waals surface area contributed by atoms with E-state index in [1.54, 1.807) is 0 Å². The van der Waals surface area contributed by atoms with E-state index in [1.807, 2.05) is 54.6 Å². The van der Waals surface area contributed by atoms with Crippen LogP contribution in [0.2, 0.25) is 0 Å². The van der Waals surface area contributed by atoms with E-state index in [0.29, 0.717) is 48.9 Å². The summed E-state index contributed by atoms with van der Waals surface area (Å²) in [5.41, 5.74) is 1.47. The quantitative estimate of drug-likeness (QED) is 0.236. The van der Waals surface area contributed by atoms with E-state index in [2.05, 4.69) is 37.9 Å². The highest BCUT2D eigenvalue weighted by Crippen LogP contribution is 2.50. The Bertz CT molecular complexity index is 1310. The minimum atomic E-state index is -0.877. The van der Waals surface area contributed by atoms with Crippen molar-refractivity contribution in [1.82, 2.24) is 10.2 Å². The second-order valence-corrected chi connectivity index (χ2v) is 13.6. The summed E-state index contributed by atoms with van der Waals surface area (Å²) in [6.07, 6.45) is 18.5. The smallest absolute Gasteiger partial charge is 0.303 e. The van der Waals surface area contributed by atoms with Gasteiger partial charge in [-0.05, 0) is 86.1 Å². The van der Waals surface area contributed by atoms with E-state index in [-0.39, 0.29) is 29.7 Å². The molecule has 45 heavy (non-hydrogen) atoms. The average Bonchev–Trinajstić information content (AvgIpc) is 3.35. The second kappa shape index (κ2) is 15.5. The number of nitrogens with one attached hydrogen (secondary N) is 1. The van der Waals surface area contributed by atoms with Crippen LogP contribution in [-0.2, 0) is 14.3 Å². The molecule has 1 saturated carbocycles. The van der Waals surface area contributed by atoms with Crippen LogP contribution in [0.3, 0.4) is 0 Å². The van der Waals surface area contributed by atoms with Gasteiger partial charge in [-0.3, -0.25) is 14.4 Å². The van der Waals surface area contributed by atoms with Crippen molar-refractivity contribution < 1.29 is 24.2 Å². The largest absolute Gasteiger partial charge is 0.487 e. The van der Waals surface area contributed by atoms with Crippen LogP contribution >= 0.6 is 0 Å². The number of hydrogen-bond acceptors (Lipinski definition) is 5. The highest BCUT2D eigenvalue weighted by atomic mass is 16.5. The predicted octanol–water partition coefficient (Wildman–Crippen LogP) is 7.54. The molecular weight excluding hydrogens is 566 g/mol. The molecule has 244 valence electrons. The van der Waals surface area contributed by atoms with Crippen LogP contribution in [0, 0.1) is 11.3 Å². The van der Waals surface area contributed by atoms with Gasteiger partial charge in [-0.1, -0.05) is 77.3 Å². The van der Waals surface area contributed by atoms with Crippen molar-refractivity contribution in [1.29, 1.82) is 0 Å². The summed E-state index contributed by atoms with van der Waals surface area (Å²) in [5.74, 6) is -0.0799. The first-order valence-corrected chi connectivity index (χ1v) is 16.7. The van der Waals surface area contributed by atoms with Gasteiger partial charge >= 0.3 is 5.97 Å². The van der Waals surface area contributed by atoms with E-state index in [0.717, 1.165) is 56.9 Å². The second-order valence-electron chi connectivity index (χ2n) is 13.6. The zero-order valence-electron chi connectivity index (χ0n) is 27.5. The average molecular weight is 618 g/mol. The van der Waals surface area contributed by atoms with Gasteiger partial charge in [-0.2, -0.15) is 0 Å². The number of ether oxygens (including phenoxy) is 1. The zero-order valence-corrected chi connectivity index (χ0v) is 27.5. The zero-order chi connectivity index (χ0) is 32.5. The SMILES string of the molecule is CCCCCC(c1ccc(C(=O)NCCCC(=O)O)cc1)N1C(=O)C(/C2=C/C/C=C\C=C/CO2)=NC12CCC(C(C)(C)C)CC2. The molecule has 2 aliphatic heterocycles. The van der Waals surface area contributed by atoms with Gasteiger partial charge in [0.25, 0.3) is 11.8 Å². The Hall–Kier alpha value is -3.68.